The number of aromatic nitrogens is 3. The van der Waals surface area contributed by atoms with Gasteiger partial charge in [0.15, 0.2) is 0 Å². The van der Waals surface area contributed by atoms with E-state index in [1.807, 2.05) is 6.07 Å². The number of methoxy groups -OCH3 is 1. The molecule has 9 heteroatoms. The average molecular weight is 345 g/mol. The van der Waals surface area contributed by atoms with Crippen molar-refractivity contribution in [2.75, 3.05) is 24.4 Å². The quantitative estimate of drug-likeness (QED) is 0.541. The van der Waals surface area contributed by atoms with Crippen molar-refractivity contribution in [3.63, 3.8) is 0 Å². The molecule has 0 saturated carbocycles. The van der Waals surface area contributed by atoms with Gasteiger partial charge < -0.3 is 10.1 Å². The summed E-state index contributed by atoms with van der Waals surface area (Å²) in [6, 6.07) is 4.32. The molecule has 0 radical (unpaired) electrons. The Morgan fingerprint density at radius 2 is 2.11 bits per heavy atom. The van der Waals surface area contributed by atoms with Crippen LogP contribution < -0.4 is 21.3 Å². The molecule has 0 aromatic carbocycles. The summed E-state index contributed by atoms with van der Waals surface area (Å²) in [6.07, 6.45) is 0.885. The van der Waals surface area contributed by atoms with Crippen molar-refractivity contribution < 1.29 is 4.74 Å². The topological polar surface area (TPSA) is 98.0 Å². The fourth-order valence-corrected chi connectivity index (χ4v) is 2.86. The summed E-state index contributed by atoms with van der Waals surface area (Å²) in [7, 11) is 1.49. The molecule has 4 N–H and O–H groups in total. The standard InChI is InChI=1S/C10H13BrN6OS/c1-18-10-15-8(14-9(16-10)17-12)13-5-4-6-2-3-7(11)19-6/h2-3H,4-5,12H2,1H3,(H2,13,14,15,16,17). The van der Waals surface area contributed by atoms with E-state index in [0.717, 1.165) is 10.2 Å². The van der Waals surface area contributed by atoms with Crippen molar-refractivity contribution in [2.24, 2.45) is 5.84 Å². The Bertz CT molecular complexity index is 526. The highest BCUT2D eigenvalue weighted by Crippen LogP contribution is 2.22. The molecule has 2 aromatic rings. The Morgan fingerprint density at radius 1 is 1.32 bits per heavy atom. The molecule has 0 amide bonds. The van der Waals surface area contributed by atoms with E-state index < -0.39 is 0 Å². The molecule has 0 unspecified atom stereocenters. The van der Waals surface area contributed by atoms with E-state index in [1.54, 1.807) is 11.3 Å². The number of rotatable bonds is 6. The van der Waals surface area contributed by atoms with Gasteiger partial charge in [-0.2, -0.15) is 15.0 Å². The van der Waals surface area contributed by atoms with E-state index in [2.05, 4.69) is 47.7 Å². The average Bonchev–Trinajstić information content (AvgIpc) is 2.84. The number of anilines is 2. The van der Waals surface area contributed by atoms with Gasteiger partial charge >= 0.3 is 6.01 Å². The summed E-state index contributed by atoms with van der Waals surface area (Å²) in [4.78, 5) is 13.4. The van der Waals surface area contributed by atoms with Crippen LogP contribution >= 0.6 is 27.3 Å². The summed E-state index contributed by atoms with van der Waals surface area (Å²) >= 11 is 5.14. The number of ether oxygens (including phenoxy) is 1. The Hall–Kier alpha value is -1.45. The van der Waals surface area contributed by atoms with E-state index in [1.165, 1.54) is 12.0 Å². The first-order valence-electron chi connectivity index (χ1n) is 5.46. The third-order valence-corrected chi connectivity index (χ3v) is 3.89. The lowest BCUT2D eigenvalue weighted by atomic mass is 10.3. The second kappa shape index (κ2) is 6.64. The maximum Gasteiger partial charge on any atom is 0.322 e. The molecule has 2 aromatic heterocycles. The number of thiophene rings is 1. The van der Waals surface area contributed by atoms with Gasteiger partial charge in [0.25, 0.3) is 0 Å². The molecule has 7 nitrogen and oxygen atoms in total. The van der Waals surface area contributed by atoms with Gasteiger partial charge in [-0.25, -0.2) is 5.84 Å². The highest BCUT2D eigenvalue weighted by atomic mass is 79.9. The molecule has 0 aliphatic carbocycles. The first-order chi connectivity index (χ1) is 9.21. The van der Waals surface area contributed by atoms with Crippen LogP contribution in [0.5, 0.6) is 6.01 Å². The maximum absolute atomic E-state index is 5.28. The van der Waals surface area contributed by atoms with Gasteiger partial charge in [-0.3, -0.25) is 5.43 Å². The zero-order valence-electron chi connectivity index (χ0n) is 10.2. The van der Waals surface area contributed by atoms with Crippen LogP contribution in [0, 0.1) is 0 Å². The predicted molar refractivity (Wildman–Crippen MR) is 78.4 cm³/mol. The lowest BCUT2D eigenvalue weighted by molar-refractivity contribution is 0.379. The molecule has 0 spiro atoms. The fraction of sp³-hybridized carbons (Fsp3) is 0.300. The smallest absolute Gasteiger partial charge is 0.322 e. The zero-order valence-corrected chi connectivity index (χ0v) is 12.6. The van der Waals surface area contributed by atoms with Crippen LogP contribution in [-0.4, -0.2) is 28.6 Å². The zero-order chi connectivity index (χ0) is 13.7. The Balaban J connectivity index is 1.95. The first-order valence-corrected chi connectivity index (χ1v) is 7.07. The lowest BCUT2D eigenvalue weighted by Crippen LogP contribution is -2.15. The number of hydrazine groups is 1. The molecular weight excluding hydrogens is 332 g/mol. The summed E-state index contributed by atoms with van der Waals surface area (Å²) in [5, 5.41) is 3.11. The fourth-order valence-electron chi connectivity index (χ4n) is 1.38. The number of nitrogens with one attached hydrogen (secondary N) is 2. The molecule has 2 rings (SSSR count). The maximum atomic E-state index is 5.28. The molecule has 0 bridgehead atoms. The summed E-state index contributed by atoms with van der Waals surface area (Å²) in [5.41, 5.74) is 2.37. The molecule has 19 heavy (non-hydrogen) atoms. The minimum absolute atomic E-state index is 0.212. The van der Waals surface area contributed by atoms with Crippen molar-refractivity contribution in [3.8, 4) is 6.01 Å². The Labute approximate surface area is 122 Å². The van der Waals surface area contributed by atoms with Crippen molar-refractivity contribution in [2.45, 2.75) is 6.42 Å². The van der Waals surface area contributed by atoms with Gasteiger partial charge in [0.05, 0.1) is 10.9 Å². The van der Waals surface area contributed by atoms with Crippen LogP contribution in [-0.2, 0) is 6.42 Å². The largest absolute Gasteiger partial charge is 0.467 e. The van der Waals surface area contributed by atoms with Crippen LogP contribution in [0.2, 0.25) is 0 Å². The second-order valence-corrected chi connectivity index (χ2v) is 6.04. The van der Waals surface area contributed by atoms with Gasteiger partial charge in [-0.05, 0) is 34.5 Å². The number of nitrogens with two attached hydrogens (primary N) is 1. The van der Waals surface area contributed by atoms with Crippen molar-refractivity contribution >= 4 is 39.2 Å². The predicted octanol–water partition coefficient (Wildman–Crippen LogP) is 1.64. The van der Waals surface area contributed by atoms with Crippen LogP contribution in [0.15, 0.2) is 15.9 Å². The minimum Gasteiger partial charge on any atom is -0.467 e. The number of nitrogen functional groups attached to an aromatic ring is 1. The normalized spacial score (nSPS) is 10.3. The van der Waals surface area contributed by atoms with Crippen molar-refractivity contribution in [1.82, 2.24) is 15.0 Å². The second-order valence-electron chi connectivity index (χ2n) is 3.50. The van der Waals surface area contributed by atoms with E-state index in [-0.39, 0.29) is 12.0 Å². The number of nitrogens with zero attached hydrogens (tertiary/aromatic N) is 3. The van der Waals surface area contributed by atoms with Gasteiger partial charge in [-0.15, -0.1) is 11.3 Å². The highest BCUT2D eigenvalue weighted by molar-refractivity contribution is 9.11. The third kappa shape index (κ3) is 4.01. The number of halogens is 1. The van der Waals surface area contributed by atoms with E-state index in [0.29, 0.717) is 12.5 Å². The molecule has 0 atom stereocenters. The summed E-state index contributed by atoms with van der Waals surface area (Å²) < 4.78 is 6.09. The van der Waals surface area contributed by atoms with Crippen LogP contribution in [0.25, 0.3) is 0 Å². The van der Waals surface area contributed by atoms with Crippen LogP contribution in [0.4, 0.5) is 11.9 Å². The van der Waals surface area contributed by atoms with Crippen molar-refractivity contribution in [3.05, 3.63) is 20.8 Å². The lowest BCUT2D eigenvalue weighted by Gasteiger charge is -2.07. The third-order valence-electron chi connectivity index (χ3n) is 2.21. The van der Waals surface area contributed by atoms with E-state index in [9.17, 15) is 0 Å². The van der Waals surface area contributed by atoms with Gasteiger partial charge in [-0.1, -0.05) is 0 Å². The van der Waals surface area contributed by atoms with E-state index in [4.69, 9.17) is 10.6 Å². The summed E-state index contributed by atoms with van der Waals surface area (Å²) in [5.74, 6) is 5.96. The molecule has 2 heterocycles. The summed E-state index contributed by atoms with van der Waals surface area (Å²) in [6.45, 7) is 0.712. The molecule has 0 fully saturated rings. The molecular formula is C10H13BrN6OS. The number of hydrogen-bond acceptors (Lipinski definition) is 8. The van der Waals surface area contributed by atoms with Crippen molar-refractivity contribution in [1.29, 1.82) is 0 Å². The first kappa shape index (κ1) is 14.0. The molecule has 0 aliphatic rings. The number of hydrogen-bond donors (Lipinski definition) is 3. The van der Waals surface area contributed by atoms with Gasteiger partial charge in [0.1, 0.15) is 0 Å². The Morgan fingerprint density at radius 3 is 2.74 bits per heavy atom. The molecule has 0 saturated heterocycles. The highest BCUT2D eigenvalue weighted by Gasteiger charge is 2.05. The monoisotopic (exact) mass is 344 g/mol. The van der Waals surface area contributed by atoms with Crippen LogP contribution in [0.3, 0.4) is 0 Å². The molecule has 0 aliphatic heterocycles. The van der Waals surface area contributed by atoms with Crippen LogP contribution in [0.1, 0.15) is 4.88 Å². The molecule has 102 valence electrons. The SMILES string of the molecule is COc1nc(NN)nc(NCCc2ccc(Br)s2)n1. The minimum atomic E-state index is 0.212. The van der Waals surface area contributed by atoms with Gasteiger partial charge in [0, 0.05) is 11.4 Å². The van der Waals surface area contributed by atoms with Gasteiger partial charge in [0.2, 0.25) is 11.9 Å². The Kier molecular flexibility index (Phi) is 4.88. The van der Waals surface area contributed by atoms with E-state index >= 15 is 0 Å².